The minimum absolute atomic E-state index is 0.0231. The van der Waals surface area contributed by atoms with E-state index in [0.29, 0.717) is 33.6 Å². The Kier molecular flexibility index (Phi) is 11.7. The van der Waals surface area contributed by atoms with Gasteiger partial charge in [-0.15, -0.1) is 0 Å². The normalized spacial score (nSPS) is 12.0. The maximum atomic E-state index is 14.0. The zero-order valence-corrected chi connectivity index (χ0v) is 25.4. The molecule has 40 heavy (non-hydrogen) atoms. The van der Waals surface area contributed by atoms with Gasteiger partial charge in [-0.3, -0.25) is 13.9 Å². The van der Waals surface area contributed by atoms with Crippen molar-refractivity contribution in [2.24, 2.45) is 0 Å². The summed E-state index contributed by atoms with van der Waals surface area (Å²) in [4.78, 5) is 28.7. The number of benzene rings is 3. The summed E-state index contributed by atoms with van der Waals surface area (Å²) in [5, 5.41) is 3.98. The molecule has 0 aromatic heterocycles. The van der Waals surface area contributed by atoms with Crippen LogP contribution >= 0.6 is 34.8 Å². The molecule has 2 amide bonds. The van der Waals surface area contributed by atoms with Gasteiger partial charge in [0.15, 0.2) is 0 Å². The van der Waals surface area contributed by atoms with Gasteiger partial charge in [-0.2, -0.15) is 0 Å². The van der Waals surface area contributed by atoms with E-state index in [-0.39, 0.29) is 23.0 Å². The number of carbonyl (C=O) groups excluding carboxylic acids is 2. The average Bonchev–Trinajstić information content (AvgIpc) is 2.94. The second-order valence-electron chi connectivity index (χ2n) is 9.14. The first-order valence-corrected chi connectivity index (χ1v) is 15.5. The van der Waals surface area contributed by atoms with E-state index in [4.69, 9.17) is 34.8 Å². The standard InChI is InChI=1S/C29H32Cl3N3O4S/c1-3-5-17-33-29(37)27(4-2)34(19-21-11-16-25(31)26(32)18-21)28(36)20-35(23-14-12-22(30)13-15-23)40(38,39)24-9-7-6-8-10-24/h6-16,18,27H,3-5,17,19-20H2,1-2H3,(H,33,37)/t27-/m0/s1. The Balaban J connectivity index is 2.03. The molecule has 11 heteroatoms. The third-order valence-electron chi connectivity index (χ3n) is 6.28. The molecular formula is C29H32Cl3N3O4S. The number of nitrogens with zero attached hydrogens (tertiary/aromatic N) is 2. The van der Waals surface area contributed by atoms with Crippen molar-refractivity contribution in [3.05, 3.63) is 93.4 Å². The number of halogens is 3. The molecule has 0 aliphatic carbocycles. The molecule has 3 aromatic carbocycles. The Bertz CT molecular complexity index is 1400. The van der Waals surface area contributed by atoms with Gasteiger partial charge in [0.2, 0.25) is 11.8 Å². The number of hydrogen-bond donors (Lipinski definition) is 1. The highest BCUT2D eigenvalue weighted by atomic mass is 35.5. The van der Waals surface area contributed by atoms with Gasteiger partial charge in [0.05, 0.1) is 20.6 Å². The summed E-state index contributed by atoms with van der Waals surface area (Å²) in [6.07, 6.45) is 2.01. The van der Waals surface area contributed by atoms with Crippen LogP contribution in [0.3, 0.4) is 0 Å². The third kappa shape index (κ3) is 8.13. The van der Waals surface area contributed by atoms with Crippen LogP contribution < -0.4 is 9.62 Å². The lowest BCUT2D eigenvalue weighted by atomic mass is 10.1. The molecule has 1 N–H and O–H groups in total. The monoisotopic (exact) mass is 623 g/mol. The fourth-order valence-electron chi connectivity index (χ4n) is 4.12. The van der Waals surface area contributed by atoms with Crippen LogP contribution in [0.25, 0.3) is 0 Å². The maximum absolute atomic E-state index is 14.0. The van der Waals surface area contributed by atoms with Crippen LogP contribution in [-0.2, 0) is 26.2 Å². The van der Waals surface area contributed by atoms with E-state index in [1.807, 2.05) is 6.92 Å². The Morgan fingerprint density at radius 2 is 1.57 bits per heavy atom. The zero-order chi connectivity index (χ0) is 29.3. The molecule has 0 fully saturated rings. The van der Waals surface area contributed by atoms with Crippen molar-refractivity contribution in [1.29, 1.82) is 0 Å². The second kappa shape index (κ2) is 14.7. The largest absolute Gasteiger partial charge is 0.354 e. The topological polar surface area (TPSA) is 86.8 Å². The lowest BCUT2D eigenvalue weighted by Gasteiger charge is -2.33. The van der Waals surface area contributed by atoms with Crippen LogP contribution in [0.15, 0.2) is 77.7 Å². The molecule has 214 valence electrons. The number of carbonyl (C=O) groups is 2. The first kappa shape index (κ1) is 31.7. The molecule has 0 saturated carbocycles. The minimum Gasteiger partial charge on any atom is -0.354 e. The van der Waals surface area contributed by atoms with Crippen molar-refractivity contribution in [3.8, 4) is 0 Å². The quantitative estimate of drug-likeness (QED) is 0.218. The first-order chi connectivity index (χ1) is 19.1. The van der Waals surface area contributed by atoms with Crippen LogP contribution in [0.4, 0.5) is 5.69 Å². The lowest BCUT2D eigenvalue weighted by Crippen LogP contribution is -2.52. The van der Waals surface area contributed by atoms with Gasteiger partial charge in [-0.05, 0) is 66.9 Å². The number of unbranched alkanes of at least 4 members (excludes halogenated alkanes) is 1. The van der Waals surface area contributed by atoms with Crippen molar-refractivity contribution >= 4 is 62.3 Å². The number of sulfonamides is 1. The molecular weight excluding hydrogens is 593 g/mol. The molecule has 0 unspecified atom stereocenters. The van der Waals surface area contributed by atoms with E-state index in [0.717, 1.165) is 17.1 Å². The van der Waals surface area contributed by atoms with Gasteiger partial charge in [0, 0.05) is 18.1 Å². The van der Waals surface area contributed by atoms with Crippen molar-refractivity contribution < 1.29 is 18.0 Å². The lowest BCUT2D eigenvalue weighted by molar-refractivity contribution is -0.140. The van der Waals surface area contributed by atoms with E-state index in [9.17, 15) is 18.0 Å². The van der Waals surface area contributed by atoms with Gasteiger partial charge in [0.1, 0.15) is 12.6 Å². The number of nitrogens with one attached hydrogen (secondary N) is 1. The van der Waals surface area contributed by atoms with E-state index in [2.05, 4.69) is 5.32 Å². The van der Waals surface area contributed by atoms with Crippen molar-refractivity contribution in [2.75, 3.05) is 17.4 Å². The highest BCUT2D eigenvalue weighted by molar-refractivity contribution is 7.92. The van der Waals surface area contributed by atoms with E-state index in [1.54, 1.807) is 55.5 Å². The van der Waals surface area contributed by atoms with Crippen LogP contribution in [0.2, 0.25) is 15.1 Å². The van der Waals surface area contributed by atoms with E-state index >= 15 is 0 Å². The molecule has 0 spiro atoms. The highest BCUT2D eigenvalue weighted by Crippen LogP contribution is 2.27. The zero-order valence-electron chi connectivity index (χ0n) is 22.3. The fraction of sp³-hybridized carbons (Fsp3) is 0.310. The summed E-state index contributed by atoms with van der Waals surface area (Å²) in [6.45, 7) is 3.77. The Morgan fingerprint density at radius 3 is 2.17 bits per heavy atom. The predicted molar refractivity (Wildman–Crippen MR) is 161 cm³/mol. The van der Waals surface area contributed by atoms with Crippen molar-refractivity contribution in [2.45, 2.75) is 50.6 Å². The molecule has 0 radical (unpaired) electrons. The van der Waals surface area contributed by atoms with Gasteiger partial charge in [-0.25, -0.2) is 8.42 Å². The Hall–Kier alpha value is -2.78. The highest BCUT2D eigenvalue weighted by Gasteiger charge is 2.33. The predicted octanol–water partition coefficient (Wildman–Crippen LogP) is 6.57. The SMILES string of the molecule is CCCCNC(=O)[C@H](CC)N(Cc1ccc(Cl)c(Cl)c1)C(=O)CN(c1ccc(Cl)cc1)S(=O)(=O)c1ccccc1. The van der Waals surface area contributed by atoms with Gasteiger partial charge < -0.3 is 10.2 Å². The molecule has 0 saturated heterocycles. The number of hydrogen-bond acceptors (Lipinski definition) is 4. The summed E-state index contributed by atoms with van der Waals surface area (Å²) >= 11 is 18.4. The van der Waals surface area contributed by atoms with Crippen molar-refractivity contribution in [1.82, 2.24) is 10.2 Å². The number of anilines is 1. The number of rotatable bonds is 13. The number of amides is 2. The van der Waals surface area contributed by atoms with Gasteiger partial charge in [-0.1, -0.05) is 79.3 Å². The molecule has 0 bridgehead atoms. The van der Waals surface area contributed by atoms with E-state index < -0.39 is 28.5 Å². The smallest absolute Gasteiger partial charge is 0.264 e. The summed E-state index contributed by atoms with van der Waals surface area (Å²) < 4.78 is 28.6. The van der Waals surface area contributed by atoms with Gasteiger partial charge >= 0.3 is 0 Å². The minimum atomic E-state index is -4.15. The maximum Gasteiger partial charge on any atom is 0.264 e. The van der Waals surface area contributed by atoms with E-state index in [1.165, 1.54) is 29.2 Å². The van der Waals surface area contributed by atoms with Crippen LogP contribution in [0.5, 0.6) is 0 Å². The van der Waals surface area contributed by atoms with Crippen LogP contribution in [0, 0.1) is 0 Å². The molecule has 3 aromatic rings. The summed E-state index contributed by atoms with van der Waals surface area (Å²) in [5.74, 6) is -0.869. The fourth-order valence-corrected chi connectivity index (χ4v) is 6.00. The van der Waals surface area contributed by atoms with Crippen LogP contribution in [-0.4, -0.2) is 44.3 Å². The molecule has 3 rings (SSSR count). The molecule has 0 aliphatic heterocycles. The molecule has 0 heterocycles. The Labute approximate surface area is 251 Å². The summed E-state index contributed by atoms with van der Waals surface area (Å²) in [7, 11) is -4.15. The summed E-state index contributed by atoms with van der Waals surface area (Å²) in [6, 6.07) is 18.2. The summed E-state index contributed by atoms with van der Waals surface area (Å²) in [5.41, 5.74) is 0.906. The van der Waals surface area contributed by atoms with Gasteiger partial charge in [0.25, 0.3) is 10.0 Å². The third-order valence-corrected chi connectivity index (χ3v) is 9.06. The van der Waals surface area contributed by atoms with Crippen LogP contribution in [0.1, 0.15) is 38.7 Å². The molecule has 0 aliphatic rings. The molecule has 7 nitrogen and oxygen atoms in total. The first-order valence-electron chi connectivity index (χ1n) is 12.9. The average molecular weight is 625 g/mol. The Morgan fingerprint density at radius 1 is 0.900 bits per heavy atom. The molecule has 1 atom stereocenters. The second-order valence-corrected chi connectivity index (χ2v) is 12.3. The van der Waals surface area contributed by atoms with Crippen molar-refractivity contribution in [3.63, 3.8) is 0 Å².